The fourth-order valence-electron chi connectivity index (χ4n) is 2.29. The van der Waals surface area contributed by atoms with E-state index in [0.29, 0.717) is 45.7 Å². The molecule has 0 spiro atoms. The van der Waals surface area contributed by atoms with Crippen LogP contribution in [0.5, 0.6) is 0 Å². The quantitative estimate of drug-likeness (QED) is 0.750. The van der Waals surface area contributed by atoms with Gasteiger partial charge in [-0.25, -0.2) is 8.42 Å². The molecule has 1 fully saturated rings. The van der Waals surface area contributed by atoms with E-state index in [2.05, 4.69) is 21.2 Å². The van der Waals surface area contributed by atoms with Crippen LogP contribution in [0.25, 0.3) is 0 Å². The zero-order valence-electron chi connectivity index (χ0n) is 12.9. The minimum absolute atomic E-state index is 0.0978. The van der Waals surface area contributed by atoms with E-state index in [1.54, 1.807) is 24.3 Å². The van der Waals surface area contributed by atoms with Crippen molar-refractivity contribution < 1.29 is 17.9 Å². The van der Waals surface area contributed by atoms with Gasteiger partial charge in [0.25, 0.3) is 5.91 Å². The molecule has 0 radical (unpaired) electrons. The summed E-state index contributed by atoms with van der Waals surface area (Å²) in [7, 11) is -3.66. The highest BCUT2D eigenvalue weighted by atomic mass is 79.9. The van der Waals surface area contributed by atoms with Crippen LogP contribution in [0.3, 0.4) is 0 Å². The minimum Gasteiger partial charge on any atom is -0.379 e. The monoisotopic (exact) mass is 464 g/mol. The van der Waals surface area contributed by atoms with E-state index in [4.69, 9.17) is 16.3 Å². The van der Waals surface area contributed by atoms with E-state index < -0.39 is 10.0 Å². The Bertz CT molecular complexity index is 877. The van der Waals surface area contributed by atoms with Crippen LogP contribution in [0.2, 0.25) is 5.02 Å². The number of rotatable bonds is 4. The molecule has 10 heteroatoms. The molecule has 1 aliphatic heterocycles. The Morgan fingerprint density at radius 3 is 2.52 bits per heavy atom. The van der Waals surface area contributed by atoms with Gasteiger partial charge in [-0.1, -0.05) is 11.6 Å². The summed E-state index contributed by atoms with van der Waals surface area (Å²) < 4.78 is 32.4. The maximum Gasteiger partial charge on any atom is 0.265 e. The van der Waals surface area contributed by atoms with Gasteiger partial charge in [0.05, 0.1) is 21.9 Å². The third-order valence-corrected chi connectivity index (χ3v) is 7.97. The number of benzene rings is 1. The Morgan fingerprint density at radius 1 is 1.24 bits per heavy atom. The number of halogens is 2. The molecule has 0 bridgehead atoms. The first-order chi connectivity index (χ1) is 11.9. The number of morpholine rings is 1. The molecule has 1 aliphatic rings. The van der Waals surface area contributed by atoms with Crippen molar-refractivity contribution in [3.63, 3.8) is 0 Å². The summed E-state index contributed by atoms with van der Waals surface area (Å²) in [4.78, 5) is 12.8. The van der Waals surface area contributed by atoms with Crippen molar-refractivity contribution in [2.24, 2.45) is 0 Å². The number of hydrogen-bond donors (Lipinski definition) is 1. The predicted octanol–water partition coefficient (Wildman–Crippen LogP) is 3.44. The molecule has 1 amide bonds. The van der Waals surface area contributed by atoms with Gasteiger partial charge in [0.1, 0.15) is 4.90 Å². The van der Waals surface area contributed by atoms with E-state index in [1.807, 2.05) is 0 Å². The molecule has 0 atom stereocenters. The summed E-state index contributed by atoms with van der Waals surface area (Å²) in [6, 6.07) is 8.07. The van der Waals surface area contributed by atoms with Crippen LogP contribution in [0.1, 0.15) is 9.67 Å². The van der Waals surface area contributed by atoms with Crippen LogP contribution in [0.4, 0.5) is 5.69 Å². The zero-order chi connectivity index (χ0) is 18.0. The lowest BCUT2D eigenvalue weighted by Gasteiger charge is -2.25. The number of carbonyl (C=O) groups excluding carboxylic acids is 1. The third kappa shape index (κ3) is 4.24. The zero-order valence-corrected chi connectivity index (χ0v) is 16.8. The number of sulfonamides is 1. The van der Waals surface area contributed by atoms with Crippen LogP contribution in [0.15, 0.2) is 39.0 Å². The van der Waals surface area contributed by atoms with Gasteiger partial charge in [-0.15, -0.1) is 11.3 Å². The number of amides is 1. The van der Waals surface area contributed by atoms with E-state index in [0.717, 1.165) is 11.3 Å². The molecule has 1 aromatic heterocycles. The molecule has 2 aromatic rings. The average Bonchev–Trinajstić information content (AvgIpc) is 3.00. The molecule has 134 valence electrons. The van der Waals surface area contributed by atoms with Crippen molar-refractivity contribution in [1.29, 1.82) is 0 Å². The molecular weight excluding hydrogens is 452 g/mol. The highest BCUT2D eigenvalue weighted by molar-refractivity contribution is 9.11. The van der Waals surface area contributed by atoms with Gasteiger partial charge in [-0.05, 0) is 46.3 Å². The molecule has 25 heavy (non-hydrogen) atoms. The Kier molecular flexibility index (Phi) is 5.81. The highest BCUT2D eigenvalue weighted by Crippen LogP contribution is 2.34. The summed E-state index contributed by atoms with van der Waals surface area (Å²) in [5.74, 6) is -0.378. The van der Waals surface area contributed by atoms with Crippen molar-refractivity contribution >= 4 is 60.5 Å². The number of carbonyl (C=O) groups is 1. The van der Waals surface area contributed by atoms with Gasteiger partial charge < -0.3 is 10.1 Å². The first kappa shape index (κ1) is 18.8. The first-order valence-corrected chi connectivity index (χ1v) is 10.7. The van der Waals surface area contributed by atoms with E-state index in [9.17, 15) is 13.2 Å². The summed E-state index contributed by atoms with van der Waals surface area (Å²) >= 11 is 10.2. The summed E-state index contributed by atoms with van der Waals surface area (Å²) in [6.45, 7) is 1.34. The molecule has 0 aliphatic carbocycles. The molecule has 3 rings (SSSR count). The van der Waals surface area contributed by atoms with E-state index in [-0.39, 0.29) is 10.8 Å². The maximum atomic E-state index is 12.7. The van der Waals surface area contributed by atoms with Crippen LogP contribution in [-0.4, -0.2) is 44.9 Å². The highest BCUT2D eigenvalue weighted by Gasteiger charge is 2.30. The molecule has 1 N–H and O–H groups in total. The van der Waals surface area contributed by atoms with Gasteiger partial charge in [-0.2, -0.15) is 4.31 Å². The average molecular weight is 466 g/mol. The molecular formula is C15H14BrClN2O4S2. The normalized spacial score (nSPS) is 15.9. The van der Waals surface area contributed by atoms with Gasteiger partial charge >= 0.3 is 0 Å². The van der Waals surface area contributed by atoms with Crippen molar-refractivity contribution in [2.45, 2.75) is 4.90 Å². The molecule has 1 saturated heterocycles. The topological polar surface area (TPSA) is 75.7 Å². The smallest absolute Gasteiger partial charge is 0.265 e. The molecule has 1 aromatic carbocycles. The predicted molar refractivity (Wildman–Crippen MR) is 101 cm³/mol. The van der Waals surface area contributed by atoms with Gasteiger partial charge in [0.15, 0.2) is 0 Å². The van der Waals surface area contributed by atoms with Crippen molar-refractivity contribution in [1.82, 2.24) is 4.31 Å². The molecule has 2 heterocycles. The van der Waals surface area contributed by atoms with Crippen LogP contribution in [0, 0.1) is 0 Å². The summed E-state index contributed by atoms with van der Waals surface area (Å²) in [5.41, 5.74) is 0.580. The maximum absolute atomic E-state index is 12.7. The number of nitrogens with zero attached hydrogens (tertiary/aromatic N) is 1. The van der Waals surface area contributed by atoms with Crippen molar-refractivity contribution in [3.8, 4) is 0 Å². The van der Waals surface area contributed by atoms with Crippen molar-refractivity contribution in [3.05, 3.63) is 44.0 Å². The van der Waals surface area contributed by atoms with Gasteiger partial charge in [-0.3, -0.25) is 4.79 Å². The van der Waals surface area contributed by atoms with Crippen LogP contribution in [-0.2, 0) is 14.8 Å². The minimum atomic E-state index is -3.66. The summed E-state index contributed by atoms with van der Waals surface area (Å²) in [6.07, 6.45) is 0. The molecule has 0 unspecified atom stereocenters. The number of ether oxygens (including phenoxy) is 1. The Morgan fingerprint density at radius 2 is 1.88 bits per heavy atom. The number of nitrogens with one attached hydrogen (secondary N) is 1. The fraction of sp³-hybridized carbons (Fsp3) is 0.267. The molecule has 6 nitrogen and oxygen atoms in total. The van der Waals surface area contributed by atoms with Crippen LogP contribution < -0.4 is 5.32 Å². The second-order valence-electron chi connectivity index (χ2n) is 5.23. The van der Waals surface area contributed by atoms with E-state index >= 15 is 0 Å². The third-order valence-electron chi connectivity index (χ3n) is 3.57. The number of anilines is 1. The lowest BCUT2D eigenvalue weighted by Crippen LogP contribution is -2.40. The summed E-state index contributed by atoms with van der Waals surface area (Å²) in [5, 5.41) is 3.29. The van der Waals surface area contributed by atoms with Gasteiger partial charge in [0, 0.05) is 23.8 Å². The van der Waals surface area contributed by atoms with Crippen molar-refractivity contribution in [2.75, 3.05) is 31.6 Å². The Hall–Kier alpha value is -0.970. The van der Waals surface area contributed by atoms with Gasteiger partial charge in [0.2, 0.25) is 10.0 Å². The lowest BCUT2D eigenvalue weighted by molar-refractivity contribution is 0.0730. The first-order valence-electron chi connectivity index (χ1n) is 7.32. The Labute approximate surface area is 162 Å². The molecule has 0 saturated carbocycles. The van der Waals surface area contributed by atoms with Crippen LogP contribution >= 0.6 is 38.9 Å². The largest absolute Gasteiger partial charge is 0.379 e. The Balaban J connectivity index is 1.81. The fourth-order valence-corrected chi connectivity index (χ4v) is 6.24. The number of hydrogen-bond acceptors (Lipinski definition) is 5. The SMILES string of the molecule is O=C(Nc1ccc(Cl)cc1)c1cc(S(=O)(=O)N2CCOCC2)c(Br)s1. The second-order valence-corrected chi connectivity index (χ2v) is 9.94. The van der Waals surface area contributed by atoms with E-state index in [1.165, 1.54) is 10.4 Å². The number of thiophene rings is 1. The second kappa shape index (κ2) is 7.73. The lowest BCUT2D eigenvalue weighted by atomic mass is 10.3. The standard InChI is InChI=1S/C15H14BrClN2O4S2/c16-14-13(25(21,22)19-5-7-23-8-6-19)9-12(24-14)15(20)18-11-3-1-10(17)2-4-11/h1-4,9H,5-8H2,(H,18,20).